The van der Waals surface area contributed by atoms with Crippen molar-refractivity contribution in [3.63, 3.8) is 0 Å². The zero-order chi connectivity index (χ0) is 16.1. The van der Waals surface area contributed by atoms with Crippen molar-refractivity contribution in [2.75, 3.05) is 26.7 Å². The number of carbonyl (C=O) groups excluding carboxylic acids is 1. The molecular weight excluding hydrogens is 290 g/mol. The Labute approximate surface area is 135 Å². The molecule has 0 saturated carbocycles. The lowest BCUT2D eigenvalue weighted by Crippen LogP contribution is -2.45. The minimum absolute atomic E-state index is 0.0568. The number of rotatable bonds is 4. The average Bonchev–Trinajstić information content (AvgIpc) is 2.62. The van der Waals surface area contributed by atoms with E-state index in [1.807, 2.05) is 30.6 Å². The van der Waals surface area contributed by atoms with E-state index in [2.05, 4.69) is 31.6 Å². The summed E-state index contributed by atoms with van der Waals surface area (Å²) < 4.78 is 0. The molecule has 3 rings (SSSR count). The number of piperazine rings is 1. The van der Waals surface area contributed by atoms with Gasteiger partial charge in [0.15, 0.2) is 0 Å². The lowest BCUT2D eigenvalue weighted by atomic mass is 10.00. The first-order chi connectivity index (χ1) is 11.3. The lowest BCUT2D eigenvalue weighted by Gasteiger charge is -2.36. The number of benzene rings is 1. The largest absolute Gasteiger partial charge is 0.355 e. The van der Waals surface area contributed by atoms with Crippen LogP contribution in [0.1, 0.15) is 27.5 Å². The highest BCUT2D eigenvalue weighted by molar-refractivity contribution is 5.94. The molecule has 6 nitrogen and oxygen atoms in total. The van der Waals surface area contributed by atoms with E-state index < -0.39 is 0 Å². The SMILES string of the molecule is CNC(=O)c1cccc([C@@H]2CNCCN2Cc2cncnc2)c1. The number of nitrogens with zero attached hydrogens (tertiary/aromatic N) is 3. The molecule has 120 valence electrons. The Bertz CT molecular complexity index is 661. The fraction of sp³-hybridized carbons (Fsp3) is 0.353. The van der Waals surface area contributed by atoms with Crippen LogP contribution in [-0.4, -0.2) is 47.5 Å². The molecule has 0 spiro atoms. The molecule has 6 heteroatoms. The van der Waals surface area contributed by atoms with Crippen LogP contribution < -0.4 is 10.6 Å². The normalized spacial score (nSPS) is 18.6. The van der Waals surface area contributed by atoms with Gasteiger partial charge in [0.25, 0.3) is 5.91 Å². The number of hydrogen-bond donors (Lipinski definition) is 2. The van der Waals surface area contributed by atoms with E-state index in [0.717, 1.165) is 37.3 Å². The monoisotopic (exact) mass is 311 g/mol. The topological polar surface area (TPSA) is 70.2 Å². The predicted molar refractivity (Wildman–Crippen MR) is 87.9 cm³/mol. The van der Waals surface area contributed by atoms with Crippen LogP contribution >= 0.6 is 0 Å². The molecular formula is C17H21N5O. The molecule has 0 unspecified atom stereocenters. The molecule has 2 N–H and O–H groups in total. The summed E-state index contributed by atoms with van der Waals surface area (Å²) in [6, 6.07) is 8.07. The maximum absolute atomic E-state index is 11.9. The van der Waals surface area contributed by atoms with Gasteiger partial charge in [0.05, 0.1) is 0 Å². The summed E-state index contributed by atoms with van der Waals surface area (Å²) in [5, 5.41) is 6.12. The molecule has 1 aliphatic heterocycles. The van der Waals surface area contributed by atoms with Crippen molar-refractivity contribution >= 4 is 5.91 Å². The van der Waals surface area contributed by atoms with Gasteiger partial charge >= 0.3 is 0 Å². The van der Waals surface area contributed by atoms with Crippen LogP contribution in [-0.2, 0) is 6.54 Å². The van der Waals surface area contributed by atoms with Crippen LogP contribution in [0.2, 0.25) is 0 Å². The number of carbonyl (C=O) groups is 1. The van der Waals surface area contributed by atoms with Crippen molar-refractivity contribution in [2.24, 2.45) is 0 Å². The summed E-state index contributed by atoms with van der Waals surface area (Å²) in [6.07, 6.45) is 5.26. The van der Waals surface area contributed by atoms with E-state index in [4.69, 9.17) is 0 Å². The van der Waals surface area contributed by atoms with Crippen LogP contribution in [0.15, 0.2) is 43.0 Å². The summed E-state index contributed by atoms with van der Waals surface area (Å²) in [6.45, 7) is 3.57. The van der Waals surface area contributed by atoms with E-state index in [1.54, 1.807) is 13.4 Å². The fourth-order valence-electron chi connectivity index (χ4n) is 2.94. The Balaban J connectivity index is 1.82. The number of amides is 1. The summed E-state index contributed by atoms with van der Waals surface area (Å²) in [5.41, 5.74) is 2.94. The Morgan fingerprint density at radius 3 is 3.00 bits per heavy atom. The van der Waals surface area contributed by atoms with E-state index in [0.29, 0.717) is 5.56 Å². The first-order valence-electron chi connectivity index (χ1n) is 7.78. The second-order valence-electron chi connectivity index (χ2n) is 5.64. The molecule has 1 fully saturated rings. The molecule has 1 aromatic carbocycles. The number of aromatic nitrogens is 2. The minimum Gasteiger partial charge on any atom is -0.355 e. The van der Waals surface area contributed by atoms with Crippen molar-refractivity contribution in [1.29, 1.82) is 0 Å². The molecule has 1 atom stereocenters. The molecule has 23 heavy (non-hydrogen) atoms. The van der Waals surface area contributed by atoms with Gasteiger partial charge < -0.3 is 10.6 Å². The Kier molecular flexibility index (Phi) is 4.95. The predicted octanol–water partition coefficient (Wildman–Crippen LogP) is 0.983. The molecule has 1 saturated heterocycles. The second kappa shape index (κ2) is 7.30. The van der Waals surface area contributed by atoms with Gasteiger partial charge in [0.2, 0.25) is 0 Å². The Hall–Kier alpha value is -2.31. The van der Waals surface area contributed by atoms with Gasteiger partial charge in [-0.1, -0.05) is 12.1 Å². The molecule has 2 aromatic rings. The van der Waals surface area contributed by atoms with E-state index in [9.17, 15) is 4.79 Å². The Morgan fingerprint density at radius 1 is 1.39 bits per heavy atom. The Morgan fingerprint density at radius 2 is 2.22 bits per heavy atom. The molecule has 0 aliphatic carbocycles. The van der Waals surface area contributed by atoms with Crippen LogP contribution in [0.25, 0.3) is 0 Å². The van der Waals surface area contributed by atoms with Crippen molar-refractivity contribution in [3.05, 3.63) is 59.7 Å². The molecule has 2 heterocycles. The van der Waals surface area contributed by atoms with Gasteiger partial charge in [0, 0.05) is 62.8 Å². The third-order valence-electron chi connectivity index (χ3n) is 4.11. The molecule has 1 aromatic heterocycles. The van der Waals surface area contributed by atoms with E-state index in [-0.39, 0.29) is 11.9 Å². The zero-order valence-electron chi connectivity index (χ0n) is 13.2. The van der Waals surface area contributed by atoms with Crippen LogP contribution in [0.3, 0.4) is 0 Å². The smallest absolute Gasteiger partial charge is 0.251 e. The number of nitrogens with one attached hydrogen (secondary N) is 2. The summed E-state index contributed by atoms with van der Waals surface area (Å²) in [5.74, 6) is -0.0568. The average molecular weight is 311 g/mol. The van der Waals surface area contributed by atoms with Gasteiger partial charge in [0.1, 0.15) is 6.33 Å². The van der Waals surface area contributed by atoms with Gasteiger partial charge in [-0.15, -0.1) is 0 Å². The summed E-state index contributed by atoms with van der Waals surface area (Å²) in [4.78, 5) is 22.4. The summed E-state index contributed by atoms with van der Waals surface area (Å²) >= 11 is 0. The first-order valence-corrected chi connectivity index (χ1v) is 7.78. The highest BCUT2D eigenvalue weighted by Gasteiger charge is 2.24. The molecule has 0 bridgehead atoms. The van der Waals surface area contributed by atoms with E-state index in [1.165, 1.54) is 0 Å². The van der Waals surface area contributed by atoms with Crippen molar-refractivity contribution < 1.29 is 4.79 Å². The third-order valence-corrected chi connectivity index (χ3v) is 4.11. The maximum Gasteiger partial charge on any atom is 0.251 e. The quantitative estimate of drug-likeness (QED) is 0.881. The van der Waals surface area contributed by atoms with E-state index >= 15 is 0 Å². The van der Waals surface area contributed by atoms with Crippen molar-refractivity contribution in [2.45, 2.75) is 12.6 Å². The lowest BCUT2D eigenvalue weighted by molar-refractivity contribution is 0.0962. The highest BCUT2D eigenvalue weighted by atomic mass is 16.1. The molecule has 1 amide bonds. The highest BCUT2D eigenvalue weighted by Crippen LogP contribution is 2.24. The van der Waals surface area contributed by atoms with Gasteiger partial charge in [-0.2, -0.15) is 0 Å². The third kappa shape index (κ3) is 3.72. The molecule has 0 radical (unpaired) electrons. The summed E-state index contributed by atoms with van der Waals surface area (Å²) in [7, 11) is 1.65. The van der Waals surface area contributed by atoms with Crippen LogP contribution in [0.4, 0.5) is 0 Å². The number of hydrogen-bond acceptors (Lipinski definition) is 5. The van der Waals surface area contributed by atoms with Crippen LogP contribution in [0, 0.1) is 0 Å². The molecule has 1 aliphatic rings. The standard InChI is InChI=1S/C17H21N5O/c1-18-17(23)15-4-2-3-14(7-15)16-10-19-5-6-22(16)11-13-8-20-12-21-9-13/h2-4,7-9,12,16,19H,5-6,10-11H2,1H3,(H,18,23)/t16-/m0/s1. The maximum atomic E-state index is 11.9. The first kappa shape index (κ1) is 15.6. The van der Waals surface area contributed by atoms with Gasteiger partial charge in [-0.05, 0) is 17.7 Å². The van der Waals surface area contributed by atoms with Gasteiger partial charge in [-0.25, -0.2) is 9.97 Å². The van der Waals surface area contributed by atoms with Gasteiger partial charge in [-0.3, -0.25) is 9.69 Å². The zero-order valence-corrected chi connectivity index (χ0v) is 13.2. The van der Waals surface area contributed by atoms with Crippen molar-refractivity contribution in [1.82, 2.24) is 25.5 Å². The minimum atomic E-state index is -0.0568. The second-order valence-corrected chi connectivity index (χ2v) is 5.64. The fourth-order valence-corrected chi connectivity index (χ4v) is 2.94. The van der Waals surface area contributed by atoms with Crippen molar-refractivity contribution in [3.8, 4) is 0 Å². The van der Waals surface area contributed by atoms with Crippen LogP contribution in [0.5, 0.6) is 0 Å².